The van der Waals surface area contributed by atoms with Gasteiger partial charge in [0, 0.05) is 11.6 Å². The Balaban J connectivity index is 2.08. The molecule has 1 heterocycles. The summed E-state index contributed by atoms with van der Waals surface area (Å²) in [7, 11) is -3.86. The fraction of sp³-hybridized carbons (Fsp3) is 0. The van der Waals surface area contributed by atoms with E-state index in [1.165, 1.54) is 12.1 Å². The third-order valence-corrected chi connectivity index (χ3v) is 4.46. The molecule has 1 aromatic heterocycles. The lowest BCUT2D eigenvalue weighted by molar-refractivity contribution is 0.459. The molecule has 0 saturated carbocycles. The number of pyridine rings is 1. The van der Waals surface area contributed by atoms with E-state index in [4.69, 9.17) is 0 Å². The monoisotopic (exact) mass is 300 g/mol. The third kappa shape index (κ3) is 2.53. The fourth-order valence-corrected chi connectivity index (χ4v) is 3.26. The lowest BCUT2D eigenvalue weighted by Gasteiger charge is -2.11. The molecule has 0 spiro atoms. The van der Waals surface area contributed by atoms with Gasteiger partial charge in [0.1, 0.15) is 10.6 Å². The molecule has 3 rings (SSSR count). The topological polar surface area (TPSA) is 79.3 Å². The molecule has 6 heteroatoms. The summed E-state index contributed by atoms with van der Waals surface area (Å²) in [5.74, 6) is -0.289. The zero-order chi connectivity index (χ0) is 14.9. The molecule has 3 aromatic rings. The quantitative estimate of drug-likeness (QED) is 0.779. The van der Waals surface area contributed by atoms with Crippen LogP contribution in [0.1, 0.15) is 0 Å². The SMILES string of the molecule is O=S(=O)(Nc1cccc2ncccc12)c1ccccc1O. The lowest BCUT2D eigenvalue weighted by atomic mass is 10.2. The molecular weight excluding hydrogens is 288 g/mol. The number of hydrogen-bond acceptors (Lipinski definition) is 4. The lowest BCUT2D eigenvalue weighted by Crippen LogP contribution is -2.13. The smallest absolute Gasteiger partial charge is 0.265 e. The van der Waals surface area contributed by atoms with Crippen LogP contribution in [0.25, 0.3) is 10.9 Å². The Morgan fingerprint density at radius 2 is 1.76 bits per heavy atom. The first kappa shape index (κ1) is 13.4. The zero-order valence-electron chi connectivity index (χ0n) is 10.9. The van der Waals surface area contributed by atoms with E-state index in [0.29, 0.717) is 16.6 Å². The van der Waals surface area contributed by atoms with Crippen molar-refractivity contribution in [3.05, 3.63) is 60.8 Å². The molecule has 0 unspecified atom stereocenters. The van der Waals surface area contributed by atoms with Crippen molar-refractivity contribution in [2.75, 3.05) is 4.72 Å². The predicted octanol–water partition coefficient (Wildman–Crippen LogP) is 2.74. The summed E-state index contributed by atoms with van der Waals surface area (Å²) in [5.41, 5.74) is 1.11. The van der Waals surface area contributed by atoms with Crippen LogP contribution in [-0.4, -0.2) is 18.5 Å². The number of para-hydroxylation sites is 1. The summed E-state index contributed by atoms with van der Waals surface area (Å²) in [6, 6.07) is 14.5. The molecular formula is C15H12N2O3S. The number of nitrogens with zero attached hydrogens (tertiary/aromatic N) is 1. The minimum Gasteiger partial charge on any atom is -0.507 e. The number of rotatable bonds is 3. The normalized spacial score (nSPS) is 11.4. The first-order chi connectivity index (χ1) is 10.1. The highest BCUT2D eigenvalue weighted by molar-refractivity contribution is 7.92. The molecule has 2 N–H and O–H groups in total. The second-order valence-corrected chi connectivity index (χ2v) is 6.10. The first-order valence-electron chi connectivity index (χ1n) is 6.22. The molecule has 0 amide bonds. The van der Waals surface area contributed by atoms with Gasteiger partial charge in [-0.2, -0.15) is 0 Å². The van der Waals surface area contributed by atoms with Crippen LogP contribution in [0.15, 0.2) is 65.7 Å². The Labute approximate surface area is 121 Å². The van der Waals surface area contributed by atoms with Gasteiger partial charge in [0.15, 0.2) is 0 Å². The third-order valence-electron chi connectivity index (χ3n) is 3.04. The number of fused-ring (bicyclic) bond motifs is 1. The fourth-order valence-electron chi connectivity index (χ4n) is 2.08. The second kappa shape index (κ2) is 5.06. The van der Waals surface area contributed by atoms with E-state index in [1.54, 1.807) is 48.7 Å². The van der Waals surface area contributed by atoms with Crippen LogP contribution in [0.2, 0.25) is 0 Å². The number of benzene rings is 2. The van der Waals surface area contributed by atoms with Crippen LogP contribution in [0.5, 0.6) is 5.75 Å². The number of phenolic OH excluding ortho intramolecular Hbond substituents is 1. The van der Waals surface area contributed by atoms with Gasteiger partial charge >= 0.3 is 0 Å². The van der Waals surface area contributed by atoms with Gasteiger partial charge in [-0.1, -0.05) is 18.2 Å². The van der Waals surface area contributed by atoms with Gasteiger partial charge in [0.2, 0.25) is 0 Å². The number of hydrogen-bond donors (Lipinski definition) is 2. The Kier molecular flexibility index (Phi) is 3.23. The van der Waals surface area contributed by atoms with Gasteiger partial charge in [-0.25, -0.2) is 8.42 Å². The van der Waals surface area contributed by atoms with Crippen LogP contribution >= 0.6 is 0 Å². The van der Waals surface area contributed by atoms with Gasteiger partial charge in [-0.15, -0.1) is 0 Å². The number of anilines is 1. The highest BCUT2D eigenvalue weighted by atomic mass is 32.2. The predicted molar refractivity (Wildman–Crippen MR) is 80.7 cm³/mol. The summed E-state index contributed by atoms with van der Waals surface area (Å²) in [6.45, 7) is 0. The number of nitrogens with one attached hydrogen (secondary N) is 1. The van der Waals surface area contributed by atoms with Crippen molar-refractivity contribution in [1.29, 1.82) is 0 Å². The molecule has 0 aliphatic carbocycles. The van der Waals surface area contributed by atoms with Crippen molar-refractivity contribution in [3.8, 4) is 5.75 Å². The molecule has 0 aliphatic rings. The van der Waals surface area contributed by atoms with Crippen molar-refractivity contribution in [3.63, 3.8) is 0 Å². The van der Waals surface area contributed by atoms with Crippen LogP contribution in [0, 0.1) is 0 Å². The summed E-state index contributed by atoms with van der Waals surface area (Å²) < 4.78 is 27.2. The first-order valence-corrected chi connectivity index (χ1v) is 7.71. The van der Waals surface area contributed by atoms with Crippen molar-refractivity contribution in [1.82, 2.24) is 4.98 Å². The Bertz CT molecular complexity index is 902. The van der Waals surface area contributed by atoms with Crippen LogP contribution in [0.3, 0.4) is 0 Å². The number of phenols is 1. The zero-order valence-corrected chi connectivity index (χ0v) is 11.7. The second-order valence-electron chi connectivity index (χ2n) is 4.45. The largest absolute Gasteiger partial charge is 0.507 e. The molecule has 106 valence electrons. The van der Waals surface area contributed by atoms with Gasteiger partial charge in [0.25, 0.3) is 10.0 Å². The van der Waals surface area contributed by atoms with E-state index in [9.17, 15) is 13.5 Å². The Morgan fingerprint density at radius 1 is 0.952 bits per heavy atom. The maximum absolute atomic E-state index is 12.4. The van der Waals surface area contributed by atoms with E-state index in [1.807, 2.05) is 0 Å². The number of aromatic nitrogens is 1. The standard InChI is InChI=1S/C15H12N2O3S/c18-14-8-1-2-9-15(14)21(19,20)17-13-7-3-6-12-11(13)5-4-10-16-12/h1-10,17-18H. The van der Waals surface area contributed by atoms with E-state index in [2.05, 4.69) is 9.71 Å². The average molecular weight is 300 g/mol. The van der Waals surface area contributed by atoms with Crippen LogP contribution < -0.4 is 4.72 Å². The van der Waals surface area contributed by atoms with Gasteiger partial charge < -0.3 is 5.11 Å². The number of aromatic hydroxyl groups is 1. The highest BCUT2D eigenvalue weighted by Gasteiger charge is 2.19. The molecule has 0 bridgehead atoms. The Hall–Kier alpha value is -2.60. The molecule has 0 fully saturated rings. The summed E-state index contributed by atoms with van der Waals surface area (Å²) >= 11 is 0. The van der Waals surface area contributed by atoms with Gasteiger partial charge in [-0.3, -0.25) is 9.71 Å². The molecule has 0 atom stereocenters. The highest BCUT2D eigenvalue weighted by Crippen LogP contribution is 2.27. The summed E-state index contributed by atoms with van der Waals surface area (Å²) in [4.78, 5) is 4.02. The van der Waals surface area contributed by atoms with Crippen molar-refractivity contribution in [2.24, 2.45) is 0 Å². The number of sulfonamides is 1. The maximum Gasteiger partial charge on any atom is 0.265 e. The Morgan fingerprint density at radius 3 is 2.57 bits per heavy atom. The minimum atomic E-state index is -3.86. The molecule has 0 radical (unpaired) electrons. The van der Waals surface area contributed by atoms with Gasteiger partial charge in [-0.05, 0) is 36.4 Å². The van der Waals surface area contributed by atoms with Crippen LogP contribution in [-0.2, 0) is 10.0 Å². The van der Waals surface area contributed by atoms with E-state index >= 15 is 0 Å². The van der Waals surface area contributed by atoms with E-state index in [0.717, 1.165) is 0 Å². The van der Waals surface area contributed by atoms with Crippen molar-refractivity contribution >= 4 is 26.6 Å². The van der Waals surface area contributed by atoms with Crippen LogP contribution in [0.4, 0.5) is 5.69 Å². The van der Waals surface area contributed by atoms with Gasteiger partial charge in [0.05, 0.1) is 11.2 Å². The van der Waals surface area contributed by atoms with Crippen molar-refractivity contribution < 1.29 is 13.5 Å². The molecule has 2 aromatic carbocycles. The van der Waals surface area contributed by atoms with E-state index < -0.39 is 10.0 Å². The average Bonchev–Trinajstić information content (AvgIpc) is 2.47. The minimum absolute atomic E-state index is 0.161. The summed E-state index contributed by atoms with van der Waals surface area (Å²) in [6.07, 6.45) is 1.64. The molecule has 21 heavy (non-hydrogen) atoms. The molecule has 5 nitrogen and oxygen atoms in total. The molecule has 0 aliphatic heterocycles. The van der Waals surface area contributed by atoms with Crippen molar-refractivity contribution in [2.45, 2.75) is 4.90 Å². The molecule has 0 saturated heterocycles. The van der Waals surface area contributed by atoms with E-state index in [-0.39, 0.29) is 10.6 Å². The summed E-state index contributed by atoms with van der Waals surface area (Å²) in [5, 5.41) is 10.4. The maximum atomic E-state index is 12.4.